The van der Waals surface area contributed by atoms with E-state index in [9.17, 15) is 0 Å². The molecule has 0 amide bonds. The highest BCUT2D eigenvalue weighted by Gasteiger charge is 2.22. The molecule has 0 saturated carbocycles. The minimum atomic E-state index is 0.559. The van der Waals surface area contributed by atoms with Crippen LogP contribution in [0.4, 0.5) is 0 Å². The molecule has 8 heteroatoms. The molecule has 0 spiro atoms. The van der Waals surface area contributed by atoms with Gasteiger partial charge >= 0.3 is 0 Å². The van der Waals surface area contributed by atoms with E-state index in [-0.39, 0.29) is 0 Å². The van der Waals surface area contributed by atoms with Crippen molar-refractivity contribution >= 4 is 53.3 Å². The molecule has 0 fully saturated rings. The van der Waals surface area contributed by atoms with Crippen LogP contribution in [0.15, 0.2) is 200 Å². The fraction of sp³-hybridized carbons (Fsp3) is 0. The Labute approximate surface area is 360 Å². The second-order valence-electron chi connectivity index (χ2n) is 15.1. The predicted octanol–water partition coefficient (Wildman–Crippen LogP) is 13.5. The smallest absolute Gasteiger partial charge is 0.238 e. The van der Waals surface area contributed by atoms with Crippen molar-refractivity contribution in [2.45, 2.75) is 0 Å². The lowest BCUT2D eigenvalue weighted by Crippen LogP contribution is -2.06. The zero-order chi connectivity index (χ0) is 41.0. The van der Waals surface area contributed by atoms with E-state index in [1.54, 1.807) is 11.3 Å². The lowest BCUT2D eigenvalue weighted by molar-refractivity contribution is 0.954. The number of rotatable bonds is 7. The van der Waals surface area contributed by atoms with Crippen LogP contribution in [-0.4, -0.2) is 34.5 Å². The van der Waals surface area contributed by atoms with Gasteiger partial charge in [0.05, 0.1) is 11.0 Å². The van der Waals surface area contributed by atoms with E-state index in [4.69, 9.17) is 29.9 Å². The Morgan fingerprint density at radius 2 is 0.806 bits per heavy atom. The number of thiophene rings is 1. The van der Waals surface area contributed by atoms with Gasteiger partial charge in [0.25, 0.3) is 0 Å². The molecule has 0 aliphatic heterocycles. The number of hydrogen-bond acceptors (Lipinski definition) is 7. The quantitative estimate of drug-likeness (QED) is 0.159. The van der Waals surface area contributed by atoms with Crippen molar-refractivity contribution in [1.82, 2.24) is 34.5 Å². The van der Waals surface area contributed by atoms with Crippen molar-refractivity contribution in [1.29, 1.82) is 0 Å². The van der Waals surface area contributed by atoms with E-state index < -0.39 is 0 Å². The summed E-state index contributed by atoms with van der Waals surface area (Å²) in [6, 6.07) is 68.7. The number of benzene rings is 8. The van der Waals surface area contributed by atoms with Crippen molar-refractivity contribution in [3.63, 3.8) is 0 Å². The Hall–Kier alpha value is -8.20. The van der Waals surface area contributed by atoms with Crippen LogP contribution in [0.5, 0.6) is 0 Å². The predicted molar refractivity (Wildman–Crippen MR) is 253 cm³/mol. The molecule has 290 valence electrons. The van der Waals surface area contributed by atoms with Crippen molar-refractivity contribution < 1.29 is 0 Å². The molecule has 0 saturated heterocycles. The summed E-state index contributed by atoms with van der Waals surface area (Å²) >= 11 is 1.72. The molecule has 8 aromatic carbocycles. The van der Waals surface area contributed by atoms with Gasteiger partial charge in [-0.05, 0) is 35.4 Å². The highest BCUT2D eigenvalue weighted by atomic mass is 32.1. The lowest BCUT2D eigenvalue weighted by atomic mass is 9.99. The maximum atomic E-state index is 5.36. The van der Waals surface area contributed by atoms with Crippen LogP contribution >= 0.6 is 11.3 Å². The maximum Gasteiger partial charge on any atom is 0.238 e. The van der Waals surface area contributed by atoms with Crippen molar-refractivity contribution in [3.05, 3.63) is 200 Å². The number of nitrogens with zero attached hydrogens (tertiary/aromatic N) is 7. The van der Waals surface area contributed by atoms with Crippen LogP contribution in [0.1, 0.15) is 0 Å². The number of aromatic nitrogens is 7. The minimum absolute atomic E-state index is 0.559. The van der Waals surface area contributed by atoms with Crippen LogP contribution in [0, 0.1) is 0 Å². The maximum absolute atomic E-state index is 5.36. The topological polar surface area (TPSA) is 82.3 Å². The van der Waals surface area contributed by atoms with E-state index in [2.05, 4.69) is 126 Å². The zero-order valence-electron chi connectivity index (χ0n) is 33.1. The molecule has 12 rings (SSSR count). The third-order valence-electron chi connectivity index (χ3n) is 11.3. The van der Waals surface area contributed by atoms with Gasteiger partial charge in [-0.3, -0.25) is 4.57 Å². The molecule has 12 aromatic rings. The summed E-state index contributed by atoms with van der Waals surface area (Å²) in [5.41, 5.74) is 9.01. The normalized spacial score (nSPS) is 11.5. The summed E-state index contributed by atoms with van der Waals surface area (Å²) in [7, 11) is 0. The Bertz CT molecular complexity index is 3570. The van der Waals surface area contributed by atoms with E-state index in [1.165, 1.54) is 0 Å². The lowest BCUT2D eigenvalue weighted by Gasteiger charge is -2.11. The van der Waals surface area contributed by atoms with Crippen LogP contribution < -0.4 is 0 Å². The van der Waals surface area contributed by atoms with E-state index in [0.717, 1.165) is 80.9 Å². The molecule has 4 aromatic heterocycles. The SMILES string of the molecule is c1ccc(-c2nc(-c3ccccc3)nc(-c3ccc4c(c3)sc3c(-c5nc(-c6ccccc6)nc(-n6c7ccccc7c7c(-c8ccccc8)cccc76)n5)cccc34)n2)cc1. The minimum Gasteiger partial charge on any atom is -0.278 e. The fourth-order valence-corrected chi connectivity index (χ4v) is 9.70. The molecule has 7 nitrogen and oxygen atoms in total. The monoisotopic (exact) mass is 811 g/mol. The fourth-order valence-electron chi connectivity index (χ4n) is 8.45. The molecule has 0 bridgehead atoms. The van der Waals surface area contributed by atoms with Crippen LogP contribution in [0.2, 0.25) is 0 Å². The van der Waals surface area contributed by atoms with Crippen LogP contribution in [0.25, 0.3) is 116 Å². The molecule has 0 unspecified atom stereocenters. The first kappa shape index (κ1) is 35.7. The number of hydrogen-bond donors (Lipinski definition) is 0. The number of fused-ring (bicyclic) bond motifs is 6. The van der Waals surface area contributed by atoms with Gasteiger partial charge in [0.1, 0.15) is 0 Å². The molecule has 0 atom stereocenters. The van der Waals surface area contributed by atoms with Crippen molar-refractivity contribution in [2.75, 3.05) is 0 Å². The second-order valence-corrected chi connectivity index (χ2v) is 16.2. The zero-order valence-corrected chi connectivity index (χ0v) is 33.9. The molecule has 0 aliphatic carbocycles. The van der Waals surface area contributed by atoms with E-state index >= 15 is 0 Å². The Balaban J connectivity index is 1.05. The van der Waals surface area contributed by atoms with Gasteiger partial charge in [0, 0.05) is 58.8 Å². The first-order valence-electron chi connectivity index (χ1n) is 20.5. The highest BCUT2D eigenvalue weighted by molar-refractivity contribution is 7.26. The van der Waals surface area contributed by atoms with E-state index in [0.29, 0.717) is 35.1 Å². The average molecular weight is 812 g/mol. The summed E-state index contributed by atoms with van der Waals surface area (Å²) < 4.78 is 4.39. The van der Waals surface area contributed by atoms with Gasteiger partial charge < -0.3 is 0 Å². The molecule has 0 N–H and O–H groups in total. The summed E-state index contributed by atoms with van der Waals surface area (Å²) in [6.07, 6.45) is 0. The number of para-hydroxylation sites is 1. The van der Waals surface area contributed by atoms with E-state index in [1.807, 2.05) is 78.9 Å². The first-order chi connectivity index (χ1) is 30.7. The third-order valence-corrected chi connectivity index (χ3v) is 12.5. The second kappa shape index (κ2) is 14.8. The summed E-state index contributed by atoms with van der Waals surface area (Å²) in [5, 5.41) is 4.57. The van der Waals surface area contributed by atoms with Gasteiger partial charge in [0.15, 0.2) is 29.1 Å². The van der Waals surface area contributed by atoms with Crippen molar-refractivity contribution in [2.24, 2.45) is 0 Å². The Kier molecular flexibility index (Phi) is 8.53. The van der Waals surface area contributed by atoms with Gasteiger partial charge in [-0.15, -0.1) is 11.3 Å². The average Bonchev–Trinajstić information content (AvgIpc) is 3.90. The molecule has 0 radical (unpaired) electrons. The standard InChI is InChI=1S/C54H33N7S/c1-5-17-34(18-6-1)39-26-16-30-45-47(39)42-25-13-14-29-44(42)61(45)54-59-51(37-23-11-4-12-24-37)58-53(60-54)43-28-15-27-41-40-32-31-38(33-46(40)62-48(41)43)52-56-49(35-19-7-2-8-20-35)55-50(57-52)36-21-9-3-10-22-36/h1-33H. The third kappa shape index (κ3) is 6.12. The van der Waals surface area contributed by atoms with Crippen LogP contribution in [-0.2, 0) is 0 Å². The van der Waals surface area contributed by atoms with Gasteiger partial charge in [-0.25, -0.2) is 19.9 Å². The first-order valence-corrected chi connectivity index (χ1v) is 21.3. The summed E-state index contributed by atoms with van der Waals surface area (Å²) in [4.78, 5) is 30.7. The molecule has 0 aliphatic rings. The van der Waals surface area contributed by atoms with Gasteiger partial charge in [-0.2, -0.15) is 9.97 Å². The van der Waals surface area contributed by atoms with Gasteiger partial charge in [-0.1, -0.05) is 176 Å². The largest absolute Gasteiger partial charge is 0.278 e. The summed E-state index contributed by atoms with van der Waals surface area (Å²) in [5.74, 6) is 3.65. The Morgan fingerprint density at radius 1 is 0.323 bits per heavy atom. The molecule has 62 heavy (non-hydrogen) atoms. The highest BCUT2D eigenvalue weighted by Crippen LogP contribution is 2.42. The molecule has 4 heterocycles. The van der Waals surface area contributed by atoms with Crippen molar-refractivity contribution in [3.8, 4) is 74.0 Å². The Morgan fingerprint density at radius 3 is 1.47 bits per heavy atom. The van der Waals surface area contributed by atoms with Gasteiger partial charge in [0.2, 0.25) is 5.95 Å². The molecular weight excluding hydrogens is 779 g/mol. The van der Waals surface area contributed by atoms with Crippen LogP contribution in [0.3, 0.4) is 0 Å². The summed E-state index contributed by atoms with van der Waals surface area (Å²) in [6.45, 7) is 0. The molecular formula is C54H33N7S.